The van der Waals surface area contributed by atoms with Crippen molar-refractivity contribution >= 4 is 5.97 Å². The molecule has 4 nitrogen and oxygen atoms in total. The predicted octanol–water partition coefficient (Wildman–Crippen LogP) is 0.932. The Bertz CT molecular complexity index is 450. The van der Waals surface area contributed by atoms with Gasteiger partial charge in [0.2, 0.25) is 0 Å². The van der Waals surface area contributed by atoms with Crippen LogP contribution in [0.3, 0.4) is 0 Å². The predicted molar refractivity (Wildman–Crippen MR) is 57.5 cm³/mol. The summed E-state index contributed by atoms with van der Waals surface area (Å²) >= 11 is 0. The van der Waals surface area contributed by atoms with Gasteiger partial charge >= 0.3 is 5.97 Å². The van der Waals surface area contributed by atoms with Crippen molar-refractivity contribution in [3.63, 3.8) is 0 Å². The number of benzene rings is 1. The molecule has 0 atom stereocenters. The highest BCUT2D eigenvalue weighted by Crippen LogP contribution is 2.49. The van der Waals surface area contributed by atoms with Gasteiger partial charge in [0.15, 0.2) is 0 Å². The van der Waals surface area contributed by atoms with Gasteiger partial charge in [0.25, 0.3) is 0 Å². The highest BCUT2D eigenvalue weighted by atomic mass is 16.5. The zero-order chi connectivity index (χ0) is 11.2. The van der Waals surface area contributed by atoms with Crippen molar-refractivity contribution in [2.45, 2.75) is 18.3 Å². The number of esters is 1. The molecule has 2 aliphatic rings. The first-order valence-electron chi connectivity index (χ1n) is 5.49. The Morgan fingerprint density at radius 2 is 2.06 bits per heavy atom. The van der Waals surface area contributed by atoms with Crippen LogP contribution in [0.5, 0.6) is 11.5 Å². The van der Waals surface area contributed by atoms with E-state index in [1.54, 1.807) is 18.2 Å². The summed E-state index contributed by atoms with van der Waals surface area (Å²) in [6.07, 6.45) is 1.38. The van der Waals surface area contributed by atoms with Crippen molar-refractivity contribution in [2.24, 2.45) is 0 Å². The van der Waals surface area contributed by atoms with Gasteiger partial charge in [-0.05, 0) is 38.1 Å². The van der Waals surface area contributed by atoms with E-state index < -0.39 is 5.41 Å². The van der Waals surface area contributed by atoms with Gasteiger partial charge in [-0.3, -0.25) is 4.79 Å². The van der Waals surface area contributed by atoms with E-state index in [0.29, 0.717) is 24.2 Å². The van der Waals surface area contributed by atoms with E-state index in [-0.39, 0.29) is 11.7 Å². The first-order chi connectivity index (χ1) is 7.74. The van der Waals surface area contributed by atoms with Crippen LogP contribution in [0.2, 0.25) is 0 Å². The molecule has 0 bridgehead atoms. The van der Waals surface area contributed by atoms with E-state index in [1.807, 2.05) is 0 Å². The van der Waals surface area contributed by atoms with Crippen molar-refractivity contribution in [3.05, 3.63) is 23.8 Å². The monoisotopic (exact) mass is 219 g/mol. The number of carbonyl (C=O) groups is 1. The van der Waals surface area contributed by atoms with Gasteiger partial charge in [-0.2, -0.15) is 0 Å². The molecule has 2 aliphatic heterocycles. The molecule has 1 aromatic rings. The van der Waals surface area contributed by atoms with Gasteiger partial charge in [-0.25, -0.2) is 0 Å². The van der Waals surface area contributed by atoms with Crippen molar-refractivity contribution < 1.29 is 14.6 Å². The van der Waals surface area contributed by atoms with E-state index in [9.17, 15) is 9.90 Å². The molecule has 16 heavy (non-hydrogen) atoms. The lowest BCUT2D eigenvalue weighted by atomic mass is 9.74. The lowest BCUT2D eigenvalue weighted by molar-refractivity contribution is -0.139. The van der Waals surface area contributed by atoms with Crippen LogP contribution in [0.4, 0.5) is 0 Å². The molecule has 0 aromatic heterocycles. The molecule has 1 saturated heterocycles. The number of fused-ring (bicyclic) bond motifs is 2. The number of nitrogens with one attached hydrogen (secondary N) is 1. The van der Waals surface area contributed by atoms with Gasteiger partial charge in [-0.1, -0.05) is 6.07 Å². The molecule has 1 aromatic carbocycles. The number of carbonyl (C=O) groups excluding carboxylic acids is 1. The van der Waals surface area contributed by atoms with Crippen molar-refractivity contribution in [2.75, 3.05) is 13.1 Å². The molecule has 0 radical (unpaired) electrons. The minimum atomic E-state index is -0.619. The number of aromatic hydroxyl groups is 1. The molecule has 0 unspecified atom stereocenters. The average Bonchev–Trinajstić information content (AvgIpc) is 2.55. The minimum Gasteiger partial charge on any atom is -0.507 e. The second-order valence-corrected chi connectivity index (χ2v) is 4.37. The number of piperidine rings is 1. The van der Waals surface area contributed by atoms with E-state index >= 15 is 0 Å². The smallest absolute Gasteiger partial charge is 0.322 e. The number of phenolic OH excluding ortho intramolecular Hbond substituents is 1. The maximum absolute atomic E-state index is 12.0. The fourth-order valence-electron chi connectivity index (χ4n) is 2.69. The number of phenols is 1. The highest BCUT2D eigenvalue weighted by Gasteiger charge is 2.51. The molecule has 0 amide bonds. The molecule has 1 spiro atoms. The van der Waals surface area contributed by atoms with Gasteiger partial charge < -0.3 is 15.2 Å². The third kappa shape index (κ3) is 1.10. The Labute approximate surface area is 93.2 Å². The lowest BCUT2D eigenvalue weighted by Crippen LogP contribution is -2.44. The van der Waals surface area contributed by atoms with Crippen LogP contribution in [0, 0.1) is 0 Å². The van der Waals surface area contributed by atoms with Gasteiger partial charge in [-0.15, -0.1) is 0 Å². The van der Waals surface area contributed by atoms with Crippen LogP contribution in [0.15, 0.2) is 18.2 Å². The zero-order valence-electron chi connectivity index (χ0n) is 8.82. The maximum atomic E-state index is 12.0. The van der Waals surface area contributed by atoms with Crippen LogP contribution in [0.1, 0.15) is 18.4 Å². The molecule has 4 heteroatoms. The van der Waals surface area contributed by atoms with Crippen molar-refractivity contribution in [3.8, 4) is 11.5 Å². The summed E-state index contributed by atoms with van der Waals surface area (Å²) in [6, 6.07) is 5.05. The first kappa shape index (κ1) is 9.66. The zero-order valence-corrected chi connectivity index (χ0v) is 8.82. The maximum Gasteiger partial charge on any atom is 0.322 e. The molecule has 2 N–H and O–H groups in total. The SMILES string of the molecule is O=C1Oc2cccc(O)c2C12CCNCC2. The summed E-state index contributed by atoms with van der Waals surface area (Å²) in [4.78, 5) is 12.0. The third-order valence-electron chi connectivity index (χ3n) is 3.53. The Hall–Kier alpha value is -1.55. The topological polar surface area (TPSA) is 58.6 Å². The fourth-order valence-corrected chi connectivity index (χ4v) is 2.69. The molecule has 0 saturated carbocycles. The van der Waals surface area contributed by atoms with Gasteiger partial charge in [0.1, 0.15) is 16.9 Å². The molecule has 0 aliphatic carbocycles. The normalized spacial score (nSPS) is 21.9. The summed E-state index contributed by atoms with van der Waals surface area (Å²) in [6.45, 7) is 1.56. The molecule has 3 rings (SSSR count). The summed E-state index contributed by atoms with van der Waals surface area (Å²) < 4.78 is 5.25. The number of rotatable bonds is 0. The molecule has 2 heterocycles. The quantitative estimate of drug-likeness (QED) is 0.503. The highest BCUT2D eigenvalue weighted by molar-refractivity contribution is 5.92. The van der Waals surface area contributed by atoms with Crippen LogP contribution in [-0.4, -0.2) is 24.2 Å². The Kier molecular flexibility index (Phi) is 1.94. The van der Waals surface area contributed by atoms with Crippen LogP contribution in [-0.2, 0) is 10.2 Å². The first-order valence-corrected chi connectivity index (χ1v) is 5.49. The summed E-state index contributed by atoms with van der Waals surface area (Å²) in [7, 11) is 0. The molecule has 84 valence electrons. The second kappa shape index (κ2) is 3.22. The van der Waals surface area contributed by atoms with Crippen LogP contribution < -0.4 is 10.1 Å². The Morgan fingerprint density at radius 1 is 1.31 bits per heavy atom. The second-order valence-electron chi connectivity index (χ2n) is 4.37. The van der Waals surface area contributed by atoms with Gasteiger partial charge in [0.05, 0.1) is 5.56 Å². The number of ether oxygens (including phenoxy) is 1. The summed E-state index contributed by atoms with van der Waals surface area (Å²) in [5.74, 6) is 0.475. The van der Waals surface area contributed by atoms with Crippen LogP contribution >= 0.6 is 0 Å². The van der Waals surface area contributed by atoms with E-state index in [0.717, 1.165) is 13.1 Å². The third-order valence-corrected chi connectivity index (χ3v) is 3.53. The summed E-state index contributed by atoms with van der Waals surface area (Å²) in [5, 5.41) is 13.1. The average molecular weight is 219 g/mol. The Morgan fingerprint density at radius 3 is 2.81 bits per heavy atom. The van der Waals surface area contributed by atoms with Crippen molar-refractivity contribution in [1.82, 2.24) is 5.32 Å². The van der Waals surface area contributed by atoms with E-state index in [4.69, 9.17) is 4.74 Å². The fraction of sp³-hybridized carbons (Fsp3) is 0.417. The summed E-state index contributed by atoms with van der Waals surface area (Å²) in [5.41, 5.74) is 0.0628. The minimum absolute atomic E-state index is 0.172. The largest absolute Gasteiger partial charge is 0.507 e. The number of hydrogen-bond donors (Lipinski definition) is 2. The molecular formula is C12H13NO3. The molecule has 1 fully saturated rings. The van der Waals surface area contributed by atoms with Crippen LogP contribution in [0.25, 0.3) is 0 Å². The van der Waals surface area contributed by atoms with E-state index in [2.05, 4.69) is 5.32 Å². The van der Waals surface area contributed by atoms with Gasteiger partial charge in [0, 0.05) is 0 Å². The standard InChI is InChI=1S/C12H13NO3/c14-8-2-1-3-9-10(8)12(11(15)16-9)4-6-13-7-5-12/h1-3,13-14H,4-7H2. The number of hydrogen-bond acceptors (Lipinski definition) is 4. The molecular weight excluding hydrogens is 206 g/mol. The Balaban J connectivity index is 2.17. The lowest BCUT2D eigenvalue weighted by Gasteiger charge is -2.30. The van der Waals surface area contributed by atoms with Crippen molar-refractivity contribution in [1.29, 1.82) is 0 Å². The van der Waals surface area contributed by atoms with E-state index in [1.165, 1.54) is 0 Å².